The van der Waals surface area contributed by atoms with Gasteiger partial charge in [0.2, 0.25) is 0 Å². The Morgan fingerprint density at radius 3 is 1.68 bits per heavy atom. The zero-order valence-electron chi connectivity index (χ0n) is 32.9. The van der Waals surface area contributed by atoms with Crippen LogP contribution in [0, 0.1) is 6.92 Å². The number of nitrogens with zero attached hydrogens (tertiary/aromatic N) is 4. The summed E-state index contributed by atoms with van der Waals surface area (Å²) in [5.41, 5.74) is 4.25. The fourth-order valence-electron chi connectivity index (χ4n) is 7.88. The van der Waals surface area contributed by atoms with E-state index in [2.05, 4.69) is 46.7 Å². The van der Waals surface area contributed by atoms with E-state index in [0.717, 1.165) is 32.4 Å². The van der Waals surface area contributed by atoms with Gasteiger partial charge in [0, 0.05) is 41.4 Å². The smallest absolute Gasteiger partial charge is 0.333 e. The van der Waals surface area contributed by atoms with Crippen molar-refractivity contribution in [3.8, 4) is 22.5 Å². The van der Waals surface area contributed by atoms with E-state index >= 15 is 0 Å². The van der Waals surface area contributed by atoms with Crippen molar-refractivity contribution < 1.29 is 23.3 Å². The fourth-order valence-corrected chi connectivity index (χ4v) is 7.88. The molecule has 0 unspecified atom stereocenters. The monoisotopic (exact) mass is 798 g/mol. The van der Waals surface area contributed by atoms with Crippen molar-refractivity contribution in [1.29, 1.82) is 0 Å². The molecule has 8 aromatic rings. The maximum absolute atomic E-state index is 14.3. The molecule has 1 saturated heterocycles. The molecule has 0 aliphatic carbocycles. The van der Waals surface area contributed by atoms with Gasteiger partial charge in [-0.15, -0.1) is 0 Å². The lowest BCUT2D eigenvalue weighted by Gasteiger charge is -2.37. The number of ether oxygens (including phenoxy) is 3. The van der Waals surface area contributed by atoms with E-state index < -0.39 is 35.3 Å². The molecule has 0 saturated carbocycles. The predicted molar refractivity (Wildman–Crippen MR) is 225 cm³/mol. The maximum atomic E-state index is 14.3. The molecule has 300 valence electrons. The Labute approximate surface area is 346 Å². The molecular weight excluding hydrogens is 757 g/mol. The summed E-state index contributed by atoms with van der Waals surface area (Å²) in [4.78, 5) is 27.8. The first kappa shape index (κ1) is 38.6. The highest BCUT2D eigenvalue weighted by atomic mass is 16.6. The summed E-state index contributed by atoms with van der Waals surface area (Å²) in [5, 5.41) is 8.46. The van der Waals surface area contributed by atoms with E-state index in [0.29, 0.717) is 28.5 Å². The zero-order chi connectivity index (χ0) is 40.9. The average molecular weight is 799 g/mol. The molecule has 1 fully saturated rings. The minimum atomic E-state index is -1.03. The van der Waals surface area contributed by atoms with Crippen LogP contribution in [-0.2, 0) is 33.0 Å². The van der Waals surface area contributed by atoms with Crippen molar-refractivity contribution in [2.75, 3.05) is 6.61 Å². The Bertz CT molecular complexity index is 2670. The number of aryl methyl sites for hydroxylation is 1. The molecule has 0 N–H and O–H groups in total. The first-order valence-electron chi connectivity index (χ1n) is 19.9. The Morgan fingerprint density at radius 2 is 1.15 bits per heavy atom. The molecular formula is C49H42N4O7. The van der Waals surface area contributed by atoms with Gasteiger partial charge >= 0.3 is 5.69 Å². The molecule has 0 radical (unpaired) electrons. The summed E-state index contributed by atoms with van der Waals surface area (Å²) in [7, 11) is 0. The molecule has 0 bridgehead atoms. The van der Waals surface area contributed by atoms with Crippen LogP contribution in [-0.4, -0.2) is 38.3 Å². The quantitative estimate of drug-likeness (QED) is 0.0996. The van der Waals surface area contributed by atoms with Crippen LogP contribution in [0.25, 0.3) is 22.5 Å². The lowest BCUT2D eigenvalue weighted by molar-refractivity contribution is -0.108. The van der Waals surface area contributed by atoms with Gasteiger partial charge in [0.05, 0.1) is 19.3 Å². The minimum Gasteiger partial charge on any atom is -0.367 e. The summed E-state index contributed by atoms with van der Waals surface area (Å²) < 4.78 is 34.5. The van der Waals surface area contributed by atoms with Crippen LogP contribution < -0.4 is 11.2 Å². The van der Waals surface area contributed by atoms with Crippen LogP contribution in [0.1, 0.15) is 46.4 Å². The lowest BCUT2D eigenvalue weighted by atomic mass is 9.80. The minimum absolute atomic E-state index is 0.0826. The topological polar surface area (TPSA) is 124 Å². The molecule has 11 nitrogen and oxygen atoms in total. The van der Waals surface area contributed by atoms with E-state index in [4.69, 9.17) is 23.3 Å². The summed E-state index contributed by atoms with van der Waals surface area (Å²) in [6.07, 6.45) is -0.189. The average Bonchev–Trinajstić information content (AvgIpc) is 4.09. The third-order valence-electron chi connectivity index (χ3n) is 10.9. The van der Waals surface area contributed by atoms with Crippen LogP contribution in [0.5, 0.6) is 0 Å². The highest BCUT2D eigenvalue weighted by Crippen LogP contribution is 2.42. The summed E-state index contributed by atoms with van der Waals surface area (Å²) in [5.74, 6) is 0.902. The van der Waals surface area contributed by atoms with Crippen LogP contribution in [0.3, 0.4) is 0 Å². The van der Waals surface area contributed by atoms with Gasteiger partial charge in [-0.25, -0.2) is 4.79 Å². The van der Waals surface area contributed by atoms with Gasteiger partial charge in [-0.3, -0.25) is 13.9 Å². The van der Waals surface area contributed by atoms with Gasteiger partial charge < -0.3 is 23.3 Å². The molecule has 5 aromatic carbocycles. The number of aromatic nitrogens is 4. The third-order valence-corrected chi connectivity index (χ3v) is 10.9. The summed E-state index contributed by atoms with van der Waals surface area (Å²) >= 11 is 0. The SMILES string of the molecule is Cc1cn([C@H]2C[C@H](OCc3cc(-c4ccccc4)no3)[C@@H](COC(c3ccccc3)(c3ccccc3)c3ccccc3)O2)c(=O)n(Cc2cc(-c3ccccc3)no2)c1=O. The zero-order valence-corrected chi connectivity index (χ0v) is 32.9. The maximum Gasteiger partial charge on any atom is 0.333 e. The third kappa shape index (κ3) is 7.81. The molecule has 3 aromatic heterocycles. The highest BCUT2D eigenvalue weighted by molar-refractivity contribution is 5.59. The largest absolute Gasteiger partial charge is 0.367 e. The molecule has 1 aliphatic heterocycles. The van der Waals surface area contributed by atoms with E-state index in [1.807, 2.05) is 121 Å². The summed E-state index contributed by atoms with van der Waals surface area (Å²) in [6.45, 7) is 1.75. The number of hydrogen-bond acceptors (Lipinski definition) is 9. The van der Waals surface area contributed by atoms with Crippen LogP contribution in [0.2, 0.25) is 0 Å². The Kier molecular flexibility index (Phi) is 11.0. The Balaban J connectivity index is 1.05. The highest BCUT2D eigenvalue weighted by Gasteiger charge is 2.43. The molecule has 1 aliphatic rings. The first-order chi connectivity index (χ1) is 29.5. The van der Waals surface area contributed by atoms with Crippen molar-refractivity contribution in [2.45, 2.75) is 50.5 Å². The van der Waals surface area contributed by atoms with Crippen LogP contribution in [0.4, 0.5) is 0 Å². The van der Waals surface area contributed by atoms with Crippen LogP contribution in [0.15, 0.2) is 189 Å². The van der Waals surface area contributed by atoms with Crippen molar-refractivity contribution >= 4 is 0 Å². The fraction of sp³-hybridized carbons (Fsp3) is 0.184. The molecule has 0 spiro atoms. The number of benzene rings is 5. The van der Waals surface area contributed by atoms with Gasteiger partial charge in [-0.1, -0.05) is 162 Å². The predicted octanol–water partition coefficient (Wildman–Crippen LogP) is 8.56. The normalized spacial score (nSPS) is 16.6. The molecule has 4 heterocycles. The molecule has 60 heavy (non-hydrogen) atoms. The Morgan fingerprint density at radius 1 is 0.667 bits per heavy atom. The van der Waals surface area contributed by atoms with Crippen molar-refractivity contribution in [2.24, 2.45) is 0 Å². The first-order valence-corrected chi connectivity index (χ1v) is 19.9. The molecule has 9 rings (SSSR count). The van der Waals surface area contributed by atoms with Gasteiger partial charge in [-0.05, 0) is 23.6 Å². The Hall–Kier alpha value is -6.92. The molecule has 0 amide bonds. The summed E-state index contributed by atoms with van der Waals surface area (Å²) in [6, 6.07) is 53.2. The number of rotatable bonds is 14. The van der Waals surface area contributed by atoms with Gasteiger partial charge in [0.15, 0.2) is 11.5 Å². The van der Waals surface area contributed by atoms with Gasteiger partial charge in [0.25, 0.3) is 5.56 Å². The van der Waals surface area contributed by atoms with E-state index in [1.54, 1.807) is 19.2 Å². The van der Waals surface area contributed by atoms with Gasteiger partial charge in [-0.2, -0.15) is 0 Å². The van der Waals surface area contributed by atoms with E-state index in [9.17, 15) is 9.59 Å². The number of hydrogen-bond donors (Lipinski definition) is 0. The van der Waals surface area contributed by atoms with E-state index in [-0.39, 0.29) is 26.2 Å². The molecule has 3 atom stereocenters. The van der Waals surface area contributed by atoms with Crippen molar-refractivity contribution in [1.82, 2.24) is 19.4 Å². The van der Waals surface area contributed by atoms with Crippen molar-refractivity contribution in [3.63, 3.8) is 0 Å². The van der Waals surface area contributed by atoms with Crippen molar-refractivity contribution in [3.05, 3.63) is 225 Å². The second-order valence-electron chi connectivity index (χ2n) is 14.8. The second-order valence-corrected chi connectivity index (χ2v) is 14.8. The van der Waals surface area contributed by atoms with Crippen LogP contribution >= 0.6 is 0 Å². The van der Waals surface area contributed by atoms with Gasteiger partial charge in [0.1, 0.15) is 35.9 Å². The lowest BCUT2D eigenvalue weighted by Crippen LogP contribution is -2.42. The second kappa shape index (κ2) is 17.1. The van der Waals surface area contributed by atoms with E-state index in [1.165, 1.54) is 4.57 Å². The standard InChI is InChI=1S/C49H42N4O7/c1-34-30-52(48(55)53(47(34)54)31-40-27-42(50-59-40)35-17-7-2-8-18-35)46-29-44(56-32-41-28-43(51-60-41)36-19-9-3-10-20-36)45(58-46)33-57-49(37-21-11-4-12-22-37,38-23-13-5-14-24-38)39-25-15-6-16-26-39/h2-28,30,44-46H,29,31-33H2,1H3/t44-,45+,46+/m0/s1. The molecule has 11 heteroatoms.